The van der Waals surface area contributed by atoms with Gasteiger partial charge in [-0.2, -0.15) is 0 Å². The number of aliphatic hydroxyl groups excluding tert-OH is 1. The zero-order valence-corrected chi connectivity index (χ0v) is 28.9. The molecule has 0 bridgehead atoms. The SMILES string of the molecule is CCc1nc(OC)c(NC(=O)N2CCN(c3cccc(O)c3)CC2)cc1C(=O)Nc1cc(CO)cc(Nc2c3ccccc3nc3ccccc23)c1. The van der Waals surface area contributed by atoms with E-state index in [1.54, 1.807) is 35.2 Å². The van der Waals surface area contributed by atoms with Gasteiger partial charge in [0.25, 0.3) is 5.91 Å². The zero-order chi connectivity index (χ0) is 36.2. The molecule has 6 aromatic rings. The highest BCUT2D eigenvalue weighted by Crippen LogP contribution is 2.34. The van der Waals surface area contributed by atoms with Crippen LogP contribution in [0.3, 0.4) is 0 Å². The number of carbonyl (C=O) groups excluding carboxylic acids is 2. The molecule has 2 aromatic heterocycles. The summed E-state index contributed by atoms with van der Waals surface area (Å²) in [6.45, 7) is 3.75. The fraction of sp³-hybridized carbons (Fsp3) is 0.200. The molecule has 12 nitrogen and oxygen atoms in total. The average Bonchev–Trinajstić information content (AvgIpc) is 3.17. The molecule has 1 fully saturated rings. The first-order valence-electron chi connectivity index (χ1n) is 17.1. The molecular formula is C40H39N7O5. The van der Waals surface area contributed by atoms with E-state index in [-0.39, 0.29) is 35.5 Å². The molecule has 0 spiro atoms. The number of nitrogens with zero attached hydrogens (tertiary/aromatic N) is 4. The van der Waals surface area contributed by atoms with E-state index in [0.29, 0.717) is 55.2 Å². The van der Waals surface area contributed by atoms with Crippen molar-refractivity contribution >= 4 is 62.2 Å². The van der Waals surface area contributed by atoms with Crippen LogP contribution in [0.25, 0.3) is 21.8 Å². The third kappa shape index (κ3) is 7.10. The lowest BCUT2D eigenvalue weighted by molar-refractivity contribution is 0.102. The van der Waals surface area contributed by atoms with Crippen LogP contribution < -0.4 is 25.6 Å². The topological polar surface area (TPSA) is 152 Å². The van der Waals surface area contributed by atoms with Crippen molar-refractivity contribution in [1.82, 2.24) is 14.9 Å². The van der Waals surface area contributed by atoms with Gasteiger partial charge in [0, 0.05) is 60.1 Å². The first kappa shape index (κ1) is 34.1. The highest BCUT2D eigenvalue weighted by Gasteiger charge is 2.24. The van der Waals surface area contributed by atoms with Crippen LogP contribution in [0.15, 0.2) is 97.1 Å². The van der Waals surface area contributed by atoms with Gasteiger partial charge in [0.05, 0.1) is 41.7 Å². The van der Waals surface area contributed by atoms with Crippen LogP contribution in [0, 0.1) is 0 Å². The highest BCUT2D eigenvalue weighted by atomic mass is 16.5. The minimum atomic E-state index is -0.428. The Morgan fingerprint density at radius 3 is 2.15 bits per heavy atom. The van der Waals surface area contributed by atoms with Gasteiger partial charge in [-0.05, 0) is 60.5 Å². The van der Waals surface area contributed by atoms with Gasteiger partial charge in [0.15, 0.2) is 0 Å². The van der Waals surface area contributed by atoms with Crippen molar-refractivity contribution in [2.24, 2.45) is 0 Å². The van der Waals surface area contributed by atoms with Gasteiger partial charge in [-0.1, -0.05) is 49.4 Å². The summed E-state index contributed by atoms with van der Waals surface area (Å²) in [4.78, 5) is 40.5. The number of pyridine rings is 2. The number of piperazine rings is 1. The van der Waals surface area contributed by atoms with Crippen LogP contribution in [0.5, 0.6) is 11.6 Å². The molecular weight excluding hydrogens is 658 g/mol. The van der Waals surface area contributed by atoms with E-state index >= 15 is 0 Å². The molecule has 1 saturated heterocycles. The lowest BCUT2D eigenvalue weighted by atomic mass is 10.1. The number of aliphatic hydroxyl groups is 1. The largest absolute Gasteiger partial charge is 0.508 e. The van der Waals surface area contributed by atoms with Crippen molar-refractivity contribution < 1.29 is 24.5 Å². The molecule has 0 atom stereocenters. The molecule has 12 heteroatoms. The maximum atomic E-state index is 13.9. The van der Waals surface area contributed by atoms with Crippen molar-refractivity contribution in [1.29, 1.82) is 0 Å². The minimum Gasteiger partial charge on any atom is -0.508 e. The lowest BCUT2D eigenvalue weighted by Crippen LogP contribution is -2.50. The van der Waals surface area contributed by atoms with Gasteiger partial charge in [0.1, 0.15) is 11.4 Å². The maximum Gasteiger partial charge on any atom is 0.322 e. The van der Waals surface area contributed by atoms with Gasteiger partial charge < -0.3 is 40.7 Å². The third-order valence-corrected chi connectivity index (χ3v) is 9.13. The molecule has 264 valence electrons. The highest BCUT2D eigenvalue weighted by molar-refractivity contribution is 6.09. The summed E-state index contributed by atoms with van der Waals surface area (Å²) in [5.74, 6) is -0.0351. The number of anilines is 5. The number of urea groups is 1. The molecule has 3 amide bonds. The molecule has 1 aliphatic heterocycles. The van der Waals surface area contributed by atoms with Crippen molar-refractivity contribution in [2.75, 3.05) is 54.1 Å². The predicted molar refractivity (Wildman–Crippen MR) is 204 cm³/mol. The number of phenols is 1. The first-order chi connectivity index (χ1) is 25.3. The summed E-state index contributed by atoms with van der Waals surface area (Å²) in [5.41, 5.74) is 6.23. The number of carbonyl (C=O) groups is 2. The Balaban J connectivity index is 1.12. The number of fused-ring (bicyclic) bond motifs is 2. The molecule has 0 unspecified atom stereocenters. The van der Waals surface area contributed by atoms with E-state index in [4.69, 9.17) is 9.72 Å². The van der Waals surface area contributed by atoms with E-state index in [1.165, 1.54) is 7.11 Å². The second kappa shape index (κ2) is 14.8. The van der Waals surface area contributed by atoms with E-state index in [9.17, 15) is 19.8 Å². The fourth-order valence-electron chi connectivity index (χ4n) is 6.54. The van der Waals surface area contributed by atoms with Crippen LogP contribution in [-0.2, 0) is 13.0 Å². The van der Waals surface area contributed by atoms with E-state index in [1.807, 2.05) is 73.7 Å². The predicted octanol–water partition coefficient (Wildman–Crippen LogP) is 6.90. The number of aromatic nitrogens is 2. The van der Waals surface area contributed by atoms with Gasteiger partial charge in [0.2, 0.25) is 5.88 Å². The molecule has 1 aliphatic rings. The molecule has 7 rings (SSSR count). The second-order valence-electron chi connectivity index (χ2n) is 12.5. The van der Waals surface area contributed by atoms with Gasteiger partial charge in [-0.15, -0.1) is 0 Å². The lowest BCUT2D eigenvalue weighted by Gasteiger charge is -2.36. The molecule has 0 aliphatic carbocycles. The number of amides is 3. The fourth-order valence-corrected chi connectivity index (χ4v) is 6.54. The Morgan fingerprint density at radius 1 is 0.808 bits per heavy atom. The smallest absolute Gasteiger partial charge is 0.322 e. The maximum absolute atomic E-state index is 13.9. The van der Waals surface area contributed by atoms with Crippen molar-refractivity contribution in [3.8, 4) is 11.6 Å². The summed E-state index contributed by atoms with van der Waals surface area (Å²) in [6, 6.07) is 29.4. The molecule has 0 radical (unpaired) electrons. The quantitative estimate of drug-likeness (QED) is 0.102. The van der Waals surface area contributed by atoms with Crippen molar-refractivity contribution in [3.05, 3.63) is 114 Å². The van der Waals surface area contributed by atoms with Gasteiger partial charge in [-0.25, -0.2) is 14.8 Å². The summed E-state index contributed by atoms with van der Waals surface area (Å²) in [7, 11) is 1.47. The number of methoxy groups -OCH3 is 1. The van der Waals surface area contributed by atoms with Crippen LogP contribution in [0.2, 0.25) is 0 Å². The summed E-state index contributed by atoms with van der Waals surface area (Å²) < 4.78 is 5.53. The monoisotopic (exact) mass is 697 g/mol. The Morgan fingerprint density at radius 2 is 1.50 bits per heavy atom. The van der Waals surface area contributed by atoms with Crippen LogP contribution >= 0.6 is 0 Å². The number of hydrogen-bond donors (Lipinski definition) is 5. The Bertz CT molecular complexity index is 2230. The average molecular weight is 698 g/mol. The Labute approximate surface area is 300 Å². The normalized spacial score (nSPS) is 12.9. The number of hydrogen-bond acceptors (Lipinski definition) is 9. The number of nitrogens with one attached hydrogen (secondary N) is 3. The minimum absolute atomic E-state index is 0.193. The van der Waals surface area contributed by atoms with E-state index in [2.05, 4.69) is 25.8 Å². The number of ether oxygens (including phenoxy) is 1. The zero-order valence-electron chi connectivity index (χ0n) is 28.9. The summed E-state index contributed by atoms with van der Waals surface area (Å²) in [5, 5.41) is 31.3. The summed E-state index contributed by atoms with van der Waals surface area (Å²) >= 11 is 0. The number of aromatic hydroxyl groups is 1. The van der Waals surface area contributed by atoms with Crippen molar-refractivity contribution in [2.45, 2.75) is 20.0 Å². The molecule has 3 heterocycles. The standard InChI is InChI=1S/C40H39N7O5/c1-3-33-32(23-36(39(44-33)52-2)45-40(51)47-17-15-46(16-18-47)28-9-8-10-29(49)22-28)38(50)42-27-20-25(24-48)19-26(21-27)41-37-30-11-4-6-13-34(30)43-35-14-7-5-12-31(35)37/h4-14,19-23,48-49H,3,15-18,24H2,1-2H3,(H,41,43)(H,42,50)(H,45,51). The Kier molecular flexibility index (Phi) is 9.72. The van der Waals surface area contributed by atoms with Crippen LogP contribution in [0.1, 0.15) is 28.5 Å². The number of benzene rings is 4. The molecule has 5 N–H and O–H groups in total. The number of phenolic OH excluding ortho intramolecular Hbond substituents is 1. The number of aryl methyl sites for hydroxylation is 1. The van der Waals surface area contributed by atoms with Crippen LogP contribution in [0.4, 0.5) is 33.2 Å². The van der Waals surface area contributed by atoms with Gasteiger partial charge >= 0.3 is 6.03 Å². The van der Waals surface area contributed by atoms with E-state index in [0.717, 1.165) is 33.2 Å². The number of rotatable bonds is 9. The van der Waals surface area contributed by atoms with Crippen molar-refractivity contribution in [3.63, 3.8) is 0 Å². The first-order valence-corrected chi connectivity index (χ1v) is 17.1. The number of para-hydroxylation sites is 2. The molecule has 4 aromatic carbocycles. The van der Waals surface area contributed by atoms with Gasteiger partial charge in [-0.3, -0.25) is 4.79 Å². The third-order valence-electron chi connectivity index (χ3n) is 9.13. The Hall–Kier alpha value is -6.40. The summed E-state index contributed by atoms with van der Waals surface area (Å²) in [6.07, 6.45) is 0.440. The van der Waals surface area contributed by atoms with E-state index < -0.39 is 5.91 Å². The molecule has 0 saturated carbocycles. The molecule has 52 heavy (non-hydrogen) atoms. The second-order valence-corrected chi connectivity index (χ2v) is 12.5. The van der Waals surface area contributed by atoms with Crippen LogP contribution in [-0.4, -0.2) is 70.3 Å².